The first-order valence-electron chi connectivity index (χ1n) is 6.39. The molecule has 108 valence electrons. The van der Waals surface area contributed by atoms with Crippen LogP contribution in [0.1, 0.15) is 18.4 Å². The number of benzene rings is 1. The van der Waals surface area contributed by atoms with Gasteiger partial charge in [0.1, 0.15) is 12.8 Å². The van der Waals surface area contributed by atoms with Crippen LogP contribution in [-0.2, 0) is 16.1 Å². The molecule has 0 aromatic heterocycles. The monoisotopic (exact) mass is 281 g/mol. The molecule has 0 radical (unpaired) electrons. The summed E-state index contributed by atoms with van der Waals surface area (Å²) in [6.45, 7) is -0.0154. The van der Waals surface area contributed by atoms with E-state index in [1.165, 1.54) is 4.90 Å². The van der Waals surface area contributed by atoms with Crippen molar-refractivity contribution in [2.24, 2.45) is 0 Å². The molecule has 1 amide bonds. The maximum Gasteiger partial charge on any atom is 0.410 e. The Labute approximate surface area is 116 Å². The van der Waals surface area contributed by atoms with Gasteiger partial charge in [0, 0.05) is 12.5 Å². The molecule has 1 aliphatic rings. The molecule has 1 N–H and O–H groups in total. The summed E-state index contributed by atoms with van der Waals surface area (Å²) in [5, 5.41) is 8.77. The first-order chi connectivity index (χ1) is 9.56. The van der Waals surface area contributed by atoms with E-state index in [0.717, 1.165) is 5.56 Å². The van der Waals surface area contributed by atoms with Crippen LogP contribution in [0.5, 0.6) is 0 Å². The first kappa shape index (κ1) is 14.3. The summed E-state index contributed by atoms with van der Waals surface area (Å²) in [4.78, 5) is 23.8. The van der Waals surface area contributed by atoms with Crippen molar-refractivity contribution >= 4 is 12.1 Å². The van der Waals surface area contributed by atoms with Gasteiger partial charge in [-0.25, -0.2) is 9.18 Å². The number of alkyl halides is 1. The predicted molar refractivity (Wildman–Crippen MR) is 68.9 cm³/mol. The molecule has 0 unspecified atom stereocenters. The zero-order valence-corrected chi connectivity index (χ0v) is 10.9. The van der Waals surface area contributed by atoms with Crippen LogP contribution in [0.3, 0.4) is 0 Å². The van der Waals surface area contributed by atoms with Crippen LogP contribution in [0.25, 0.3) is 0 Å². The number of hydrogen-bond acceptors (Lipinski definition) is 3. The Morgan fingerprint density at radius 2 is 2.05 bits per heavy atom. The molecule has 1 aromatic rings. The van der Waals surface area contributed by atoms with Gasteiger partial charge in [-0.3, -0.25) is 4.79 Å². The maximum absolute atomic E-state index is 13.4. The Kier molecular flexibility index (Phi) is 4.55. The van der Waals surface area contributed by atoms with E-state index in [1.807, 2.05) is 30.3 Å². The van der Waals surface area contributed by atoms with E-state index in [0.29, 0.717) is 0 Å². The summed E-state index contributed by atoms with van der Waals surface area (Å²) in [5.74, 6) is -1.05. The van der Waals surface area contributed by atoms with Crippen molar-refractivity contribution < 1.29 is 23.8 Å². The highest BCUT2D eigenvalue weighted by Gasteiger charge is 2.37. The molecule has 1 heterocycles. The van der Waals surface area contributed by atoms with Crippen molar-refractivity contribution in [2.75, 3.05) is 6.54 Å². The number of carbonyl (C=O) groups is 2. The van der Waals surface area contributed by atoms with Crippen LogP contribution in [-0.4, -0.2) is 40.8 Å². The van der Waals surface area contributed by atoms with Crippen LogP contribution in [0.4, 0.5) is 9.18 Å². The number of halogens is 1. The lowest BCUT2D eigenvalue weighted by Crippen LogP contribution is -2.37. The summed E-state index contributed by atoms with van der Waals surface area (Å²) < 4.78 is 18.5. The van der Waals surface area contributed by atoms with Gasteiger partial charge in [-0.2, -0.15) is 0 Å². The summed E-state index contributed by atoms with van der Waals surface area (Å²) >= 11 is 0. The van der Waals surface area contributed by atoms with E-state index in [-0.39, 0.29) is 26.0 Å². The number of rotatable bonds is 4. The van der Waals surface area contributed by atoms with E-state index >= 15 is 0 Å². The molecule has 1 aliphatic heterocycles. The molecular formula is C14H16FNO4. The lowest BCUT2D eigenvalue weighted by atomic mass is 10.1. The Hall–Kier alpha value is -2.11. The first-order valence-corrected chi connectivity index (χ1v) is 6.39. The van der Waals surface area contributed by atoms with E-state index < -0.39 is 24.3 Å². The van der Waals surface area contributed by atoms with Gasteiger partial charge in [-0.15, -0.1) is 0 Å². The smallest absolute Gasteiger partial charge is 0.410 e. The van der Waals surface area contributed by atoms with Crippen molar-refractivity contribution in [1.29, 1.82) is 0 Å². The fourth-order valence-electron chi connectivity index (χ4n) is 2.28. The number of aliphatic carboxylic acids is 1. The van der Waals surface area contributed by atoms with Gasteiger partial charge in [-0.1, -0.05) is 30.3 Å². The fourth-order valence-corrected chi connectivity index (χ4v) is 2.28. The number of carboxylic acid groups (broad SMARTS) is 1. The zero-order valence-electron chi connectivity index (χ0n) is 10.9. The van der Waals surface area contributed by atoms with Crippen LogP contribution in [0.2, 0.25) is 0 Å². The van der Waals surface area contributed by atoms with Crippen molar-refractivity contribution in [3.8, 4) is 0 Å². The SMILES string of the molecule is O=C(O)C[C@@H]1C[C@@H](F)CN1C(=O)OCc1ccccc1. The van der Waals surface area contributed by atoms with E-state index in [4.69, 9.17) is 9.84 Å². The average molecular weight is 281 g/mol. The second-order valence-corrected chi connectivity index (χ2v) is 4.78. The number of nitrogens with zero attached hydrogens (tertiary/aromatic N) is 1. The molecule has 6 heteroatoms. The third kappa shape index (κ3) is 3.69. The van der Waals surface area contributed by atoms with E-state index in [1.54, 1.807) is 0 Å². The van der Waals surface area contributed by atoms with Crippen molar-refractivity contribution in [3.05, 3.63) is 35.9 Å². The summed E-state index contributed by atoms with van der Waals surface area (Å²) in [5.41, 5.74) is 0.826. The molecule has 0 bridgehead atoms. The summed E-state index contributed by atoms with van der Waals surface area (Å²) in [6, 6.07) is 8.48. The molecule has 0 spiro atoms. The highest BCUT2D eigenvalue weighted by atomic mass is 19.1. The standard InChI is InChI=1S/C14H16FNO4/c15-11-6-12(7-13(17)18)16(8-11)14(19)20-9-10-4-2-1-3-5-10/h1-5,11-12H,6-9H2,(H,17,18)/t11-,12+/m1/s1. The molecule has 1 saturated heterocycles. The molecular weight excluding hydrogens is 265 g/mol. The zero-order chi connectivity index (χ0) is 14.5. The Morgan fingerprint density at radius 1 is 1.35 bits per heavy atom. The van der Waals surface area contributed by atoms with Gasteiger partial charge in [0.25, 0.3) is 0 Å². The summed E-state index contributed by atoms with van der Waals surface area (Å²) in [6.07, 6.45) is -2.07. The lowest BCUT2D eigenvalue weighted by Gasteiger charge is -2.22. The number of likely N-dealkylation sites (tertiary alicyclic amines) is 1. The highest BCUT2D eigenvalue weighted by Crippen LogP contribution is 2.24. The van der Waals surface area contributed by atoms with Gasteiger partial charge in [0.05, 0.1) is 13.0 Å². The number of carbonyl (C=O) groups excluding carboxylic acids is 1. The number of amides is 1. The number of hydrogen-bond donors (Lipinski definition) is 1. The van der Waals surface area contributed by atoms with Crippen LogP contribution < -0.4 is 0 Å². The molecule has 20 heavy (non-hydrogen) atoms. The molecule has 1 fully saturated rings. The van der Waals surface area contributed by atoms with Crippen LogP contribution in [0.15, 0.2) is 30.3 Å². The second-order valence-electron chi connectivity index (χ2n) is 4.78. The fraction of sp³-hybridized carbons (Fsp3) is 0.429. The van der Waals surface area contributed by atoms with Gasteiger partial charge in [0.15, 0.2) is 0 Å². The Bertz CT molecular complexity index is 479. The number of ether oxygens (including phenoxy) is 1. The topological polar surface area (TPSA) is 66.8 Å². The predicted octanol–water partition coefficient (Wildman–Crippen LogP) is 2.21. The molecule has 1 aromatic carbocycles. The average Bonchev–Trinajstić information content (AvgIpc) is 2.77. The van der Waals surface area contributed by atoms with Crippen LogP contribution >= 0.6 is 0 Å². The minimum Gasteiger partial charge on any atom is -0.481 e. The molecule has 2 rings (SSSR count). The Balaban J connectivity index is 1.91. The van der Waals surface area contributed by atoms with Gasteiger partial charge in [0.2, 0.25) is 0 Å². The maximum atomic E-state index is 13.4. The van der Waals surface area contributed by atoms with Crippen LogP contribution in [0, 0.1) is 0 Å². The van der Waals surface area contributed by atoms with Crippen molar-refractivity contribution in [1.82, 2.24) is 4.90 Å². The summed E-state index contributed by atoms with van der Waals surface area (Å²) in [7, 11) is 0. The van der Waals surface area contributed by atoms with Crippen molar-refractivity contribution in [2.45, 2.75) is 31.7 Å². The van der Waals surface area contributed by atoms with Gasteiger partial charge < -0.3 is 14.7 Å². The van der Waals surface area contributed by atoms with Crippen molar-refractivity contribution in [3.63, 3.8) is 0 Å². The molecule has 0 aliphatic carbocycles. The Morgan fingerprint density at radius 3 is 2.70 bits per heavy atom. The molecule has 2 atom stereocenters. The highest BCUT2D eigenvalue weighted by molar-refractivity contribution is 5.72. The molecule has 5 nitrogen and oxygen atoms in total. The number of carboxylic acids is 1. The minimum absolute atomic E-state index is 0.0484. The van der Waals surface area contributed by atoms with Gasteiger partial charge in [-0.05, 0) is 5.56 Å². The molecule has 0 saturated carbocycles. The normalized spacial score (nSPS) is 21.8. The third-order valence-electron chi connectivity index (χ3n) is 3.21. The minimum atomic E-state index is -1.19. The van der Waals surface area contributed by atoms with E-state index in [2.05, 4.69) is 0 Å². The van der Waals surface area contributed by atoms with E-state index in [9.17, 15) is 14.0 Å². The third-order valence-corrected chi connectivity index (χ3v) is 3.21. The second kappa shape index (κ2) is 6.36. The lowest BCUT2D eigenvalue weighted by molar-refractivity contribution is -0.138. The van der Waals surface area contributed by atoms with Gasteiger partial charge >= 0.3 is 12.1 Å². The quantitative estimate of drug-likeness (QED) is 0.918. The largest absolute Gasteiger partial charge is 0.481 e.